The molecule has 212 valence electrons. The number of hydrogen-bond donors (Lipinski definition) is 1. The van der Waals surface area contributed by atoms with Gasteiger partial charge in [-0.05, 0) is 67.8 Å². The zero-order valence-corrected chi connectivity index (χ0v) is 24.2. The van der Waals surface area contributed by atoms with Crippen LogP contribution in [-0.4, -0.2) is 43.8 Å². The van der Waals surface area contributed by atoms with E-state index in [1.54, 1.807) is 25.1 Å². The van der Waals surface area contributed by atoms with E-state index < -0.39 is 34.3 Å². The number of hydrogen-bond acceptors (Lipinski definition) is 4. The summed E-state index contributed by atoms with van der Waals surface area (Å²) in [5.41, 5.74) is 0.679. The Bertz CT molecular complexity index is 1430. The Kier molecular flexibility index (Phi) is 9.71. The fraction of sp³-hybridized carbons (Fsp3) is 0.310. The van der Waals surface area contributed by atoms with Crippen LogP contribution in [0.3, 0.4) is 0 Å². The Morgan fingerprint density at radius 3 is 2.17 bits per heavy atom. The molecule has 1 fully saturated rings. The van der Waals surface area contributed by atoms with Crippen molar-refractivity contribution in [3.05, 3.63) is 94.2 Å². The Morgan fingerprint density at radius 2 is 1.57 bits per heavy atom. The highest BCUT2D eigenvalue weighted by Crippen LogP contribution is 2.30. The second-order valence-corrected chi connectivity index (χ2v) is 12.5. The van der Waals surface area contributed by atoms with E-state index in [2.05, 4.69) is 5.32 Å². The van der Waals surface area contributed by atoms with Crippen molar-refractivity contribution in [2.24, 2.45) is 0 Å². The standard InChI is InChI=1S/C29H30Cl2FN3O4S/c1-20(29(37)33-25-7-5-6-8-25)34(18-21-11-13-24(32)14-12-21)28(36)19-35(26-16-22(30)15-23(31)17-26)40(38,39)27-9-3-2-4-10-27/h2-4,9-17,20,25H,5-8,18-19H2,1H3,(H,33,37). The third-order valence-corrected chi connectivity index (χ3v) is 9.10. The number of sulfonamides is 1. The Balaban J connectivity index is 1.69. The number of carbonyl (C=O) groups excluding carboxylic acids is 2. The molecule has 1 aliphatic rings. The highest BCUT2D eigenvalue weighted by atomic mass is 35.5. The summed E-state index contributed by atoms with van der Waals surface area (Å²) in [4.78, 5) is 28.4. The van der Waals surface area contributed by atoms with E-state index in [1.165, 1.54) is 59.5 Å². The topological polar surface area (TPSA) is 86.8 Å². The number of halogens is 3. The first-order valence-corrected chi connectivity index (χ1v) is 15.1. The molecule has 3 aromatic rings. The molecule has 0 saturated heterocycles. The molecular weight excluding hydrogens is 576 g/mol. The molecule has 1 N–H and O–H groups in total. The molecule has 0 heterocycles. The number of anilines is 1. The lowest BCUT2D eigenvalue weighted by Crippen LogP contribution is -2.52. The maximum absolute atomic E-state index is 13.9. The van der Waals surface area contributed by atoms with Crippen molar-refractivity contribution < 1.29 is 22.4 Å². The quantitative estimate of drug-likeness (QED) is 0.316. The molecule has 4 rings (SSSR count). The maximum Gasteiger partial charge on any atom is 0.264 e. The SMILES string of the molecule is CC(C(=O)NC1CCCC1)N(Cc1ccc(F)cc1)C(=O)CN(c1cc(Cl)cc(Cl)c1)S(=O)(=O)c1ccccc1. The third kappa shape index (κ3) is 7.33. The minimum atomic E-state index is -4.24. The summed E-state index contributed by atoms with van der Waals surface area (Å²) in [7, 11) is -4.24. The molecule has 2 amide bonds. The van der Waals surface area contributed by atoms with Crippen molar-refractivity contribution in [1.82, 2.24) is 10.2 Å². The first kappa shape index (κ1) is 29.8. The average Bonchev–Trinajstić information content (AvgIpc) is 3.43. The second kappa shape index (κ2) is 13.0. The van der Waals surface area contributed by atoms with E-state index in [4.69, 9.17) is 23.2 Å². The zero-order chi connectivity index (χ0) is 28.9. The summed E-state index contributed by atoms with van der Waals surface area (Å²) in [5.74, 6) is -1.41. The van der Waals surface area contributed by atoms with Crippen LogP contribution in [-0.2, 0) is 26.2 Å². The number of rotatable bonds is 10. The van der Waals surface area contributed by atoms with E-state index in [-0.39, 0.29) is 39.1 Å². The number of carbonyl (C=O) groups is 2. The van der Waals surface area contributed by atoms with Gasteiger partial charge in [-0.3, -0.25) is 13.9 Å². The van der Waals surface area contributed by atoms with Gasteiger partial charge in [-0.25, -0.2) is 12.8 Å². The molecule has 1 atom stereocenters. The Morgan fingerprint density at radius 1 is 0.975 bits per heavy atom. The van der Waals surface area contributed by atoms with Crippen molar-refractivity contribution in [3.8, 4) is 0 Å². The zero-order valence-electron chi connectivity index (χ0n) is 21.9. The summed E-state index contributed by atoms with van der Waals surface area (Å²) < 4.78 is 42.1. The van der Waals surface area contributed by atoms with Gasteiger partial charge in [0.1, 0.15) is 18.4 Å². The molecule has 7 nitrogen and oxygen atoms in total. The highest BCUT2D eigenvalue weighted by molar-refractivity contribution is 7.92. The van der Waals surface area contributed by atoms with E-state index in [0.717, 1.165) is 30.0 Å². The average molecular weight is 607 g/mol. The minimum absolute atomic E-state index is 0.0290. The van der Waals surface area contributed by atoms with Crippen LogP contribution in [0.25, 0.3) is 0 Å². The van der Waals surface area contributed by atoms with Crippen molar-refractivity contribution >= 4 is 50.7 Å². The molecule has 40 heavy (non-hydrogen) atoms. The fourth-order valence-electron chi connectivity index (χ4n) is 4.69. The highest BCUT2D eigenvalue weighted by Gasteiger charge is 2.33. The second-order valence-electron chi connectivity index (χ2n) is 9.77. The molecule has 0 spiro atoms. The number of nitrogens with one attached hydrogen (secondary N) is 1. The van der Waals surface area contributed by atoms with E-state index in [9.17, 15) is 22.4 Å². The summed E-state index contributed by atoms with van der Waals surface area (Å²) in [6.45, 7) is 0.933. The summed E-state index contributed by atoms with van der Waals surface area (Å²) >= 11 is 12.4. The van der Waals surface area contributed by atoms with Crippen LogP contribution in [0.4, 0.5) is 10.1 Å². The van der Waals surface area contributed by atoms with Crippen LogP contribution in [0.1, 0.15) is 38.2 Å². The molecule has 1 aliphatic carbocycles. The first-order valence-electron chi connectivity index (χ1n) is 12.9. The van der Waals surface area contributed by atoms with E-state index in [0.29, 0.717) is 5.56 Å². The van der Waals surface area contributed by atoms with Crippen LogP contribution in [0, 0.1) is 5.82 Å². The van der Waals surface area contributed by atoms with Crippen molar-refractivity contribution in [1.29, 1.82) is 0 Å². The molecule has 1 saturated carbocycles. The van der Waals surface area contributed by atoms with Gasteiger partial charge in [0.05, 0.1) is 10.6 Å². The largest absolute Gasteiger partial charge is 0.352 e. The third-order valence-electron chi connectivity index (χ3n) is 6.88. The van der Waals surface area contributed by atoms with Gasteiger partial charge in [0, 0.05) is 22.6 Å². The van der Waals surface area contributed by atoms with Gasteiger partial charge in [0.2, 0.25) is 11.8 Å². The molecule has 0 bridgehead atoms. The summed E-state index contributed by atoms with van der Waals surface area (Å²) in [6.07, 6.45) is 3.77. The number of amides is 2. The van der Waals surface area contributed by atoms with E-state index in [1.807, 2.05) is 0 Å². The van der Waals surface area contributed by atoms with Gasteiger partial charge in [0.15, 0.2) is 0 Å². The summed E-state index contributed by atoms with van der Waals surface area (Å²) in [5, 5.41) is 3.39. The molecular formula is C29H30Cl2FN3O4S. The fourth-order valence-corrected chi connectivity index (χ4v) is 6.63. The molecule has 3 aromatic carbocycles. The Hall–Kier alpha value is -3.14. The summed E-state index contributed by atoms with van der Waals surface area (Å²) in [6, 6.07) is 16.6. The van der Waals surface area contributed by atoms with Crippen molar-refractivity contribution in [2.45, 2.75) is 56.1 Å². The van der Waals surface area contributed by atoms with Gasteiger partial charge in [-0.1, -0.05) is 66.4 Å². The molecule has 1 unspecified atom stereocenters. The van der Waals surface area contributed by atoms with Crippen molar-refractivity contribution in [3.63, 3.8) is 0 Å². The number of benzene rings is 3. The molecule has 0 aliphatic heterocycles. The lowest BCUT2D eigenvalue weighted by atomic mass is 10.1. The van der Waals surface area contributed by atoms with Crippen LogP contribution in [0.2, 0.25) is 10.0 Å². The van der Waals surface area contributed by atoms with E-state index >= 15 is 0 Å². The lowest BCUT2D eigenvalue weighted by molar-refractivity contribution is -0.139. The van der Waals surface area contributed by atoms with Crippen LogP contribution in [0.15, 0.2) is 77.7 Å². The van der Waals surface area contributed by atoms with Gasteiger partial charge in [-0.2, -0.15) is 0 Å². The molecule has 0 radical (unpaired) electrons. The predicted molar refractivity (Wildman–Crippen MR) is 154 cm³/mol. The van der Waals surface area contributed by atoms with Gasteiger partial charge in [-0.15, -0.1) is 0 Å². The normalized spacial score (nSPS) is 14.5. The maximum atomic E-state index is 13.9. The first-order chi connectivity index (χ1) is 19.0. The molecule has 0 aromatic heterocycles. The Labute approximate surface area is 243 Å². The van der Waals surface area contributed by atoms with Gasteiger partial charge >= 0.3 is 0 Å². The molecule has 11 heteroatoms. The van der Waals surface area contributed by atoms with Gasteiger partial charge in [0.25, 0.3) is 10.0 Å². The minimum Gasteiger partial charge on any atom is -0.352 e. The van der Waals surface area contributed by atoms with Crippen LogP contribution < -0.4 is 9.62 Å². The lowest BCUT2D eigenvalue weighted by Gasteiger charge is -2.32. The number of nitrogens with zero attached hydrogens (tertiary/aromatic N) is 2. The van der Waals surface area contributed by atoms with Gasteiger partial charge < -0.3 is 10.2 Å². The smallest absolute Gasteiger partial charge is 0.264 e. The monoisotopic (exact) mass is 605 g/mol. The van der Waals surface area contributed by atoms with Crippen LogP contribution >= 0.6 is 23.2 Å². The predicted octanol–water partition coefficient (Wildman–Crippen LogP) is 5.80. The van der Waals surface area contributed by atoms with Crippen LogP contribution in [0.5, 0.6) is 0 Å². The van der Waals surface area contributed by atoms with Crippen molar-refractivity contribution in [2.75, 3.05) is 10.8 Å².